The Bertz CT molecular complexity index is 650. The maximum Gasteiger partial charge on any atom is 0.303 e. The quantitative estimate of drug-likeness (QED) is 0.670. The third kappa shape index (κ3) is 5.44. The van der Waals surface area contributed by atoms with E-state index < -0.39 is 5.97 Å². The molecule has 5 nitrogen and oxygen atoms in total. The number of hydrogen-bond acceptors (Lipinski definition) is 5. The topological polar surface area (TPSA) is 79.3 Å². The van der Waals surface area contributed by atoms with E-state index in [0.29, 0.717) is 17.8 Å². The highest BCUT2D eigenvalue weighted by molar-refractivity contribution is 7.22. The number of hydrogen-bond donors (Lipinski definition) is 2. The smallest absolute Gasteiger partial charge is 0.303 e. The Morgan fingerprint density at radius 3 is 2.74 bits per heavy atom. The first-order valence-electron chi connectivity index (χ1n) is 7.59. The number of aryl methyl sites for hydroxylation is 1. The number of nitrogens with one attached hydrogen (secondary N) is 1. The van der Waals surface area contributed by atoms with Crippen LogP contribution in [0.5, 0.6) is 0 Å². The summed E-state index contributed by atoms with van der Waals surface area (Å²) in [5, 5.41) is 14.3. The fourth-order valence-electron chi connectivity index (χ4n) is 2.15. The van der Waals surface area contributed by atoms with Crippen LogP contribution in [0.3, 0.4) is 0 Å². The van der Waals surface area contributed by atoms with Crippen LogP contribution in [0, 0.1) is 6.92 Å². The van der Waals surface area contributed by atoms with E-state index in [1.165, 1.54) is 11.3 Å². The van der Waals surface area contributed by atoms with Gasteiger partial charge in [-0.1, -0.05) is 18.9 Å². The van der Waals surface area contributed by atoms with E-state index in [9.17, 15) is 9.59 Å². The van der Waals surface area contributed by atoms with Gasteiger partial charge in [-0.15, -0.1) is 22.7 Å². The van der Waals surface area contributed by atoms with Crippen molar-refractivity contribution >= 4 is 34.6 Å². The van der Waals surface area contributed by atoms with Crippen LogP contribution in [0.15, 0.2) is 17.5 Å². The Morgan fingerprint density at radius 2 is 2.04 bits per heavy atom. The number of aliphatic carboxylic acids is 1. The summed E-state index contributed by atoms with van der Waals surface area (Å²) >= 11 is 3.04. The van der Waals surface area contributed by atoms with Gasteiger partial charge in [0.05, 0.1) is 10.6 Å². The molecule has 0 saturated heterocycles. The van der Waals surface area contributed by atoms with E-state index in [4.69, 9.17) is 5.11 Å². The first-order chi connectivity index (χ1) is 11.1. The predicted octanol–water partition coefficient (Wildman–Crippen LogP) is 3.94. The normalized spacial score (nSPS) is 10.7. The number of thiophene rings is 1. The van der Waals surface area contributed by atoms with Gasteiger partial charge in [-0.25, -0.2) is 4.98 Å². The minimum Gasteiger partial charge on any atom is -0.481 e. The third-order valence-corrected chi connectivity index (χ3v) is 5.53. The van der Waals surface area contributed by atoms with Crippen LogP contribution in [-0.2, 0) is 4.79 Å². The average molecular weight is 352 g/mol. The maximum absolute atomic E-state index is 12.2. The van der Waals surface area contributed by atoms with Crippen molar-refractivity contribution in [3.05, 3.63) is 28.1 Å². The van der Waals surface area contributed by atoms with Crippen molar-refractivity contribution in [3.63, 3.8) is 0 Å². The zero-order valence-electron chi connectivity index (χ0n) is 13.0. The Hall–Kier alpha value is -1.73. The molecule has 0 saturated carbocycles. The molecule has 0 bridgehead atoms. The van der Waals surface area contributed by atoms with E-state index in [0.717, 1.165) is 34.8 Å². The molecule has 7 heteroatoms. The van der Waals surface area contributed by atoms with E-state index in [1.807, 2.05) is 24.4 Å². The lowest BCUT2D eigenvalue weighted by Crippen LogP contribution is -2.24. The number of carbonyl (C=O) groups is 2. The third-order valence-electron chi connectivity index (χ3n) is 3.34. The average Bonchev–Trinajstić information content (AvgIpc) is 3.14. The zero-order chi connectivity index (χ0) is 16.7. The Morgan fingerprint density at radius 1 is 1.26 bits per heavy atom. The lowest BCUT2D eigenvalue weighted by Gasteiger charge is -2.03. The molecule has 23 heavy (non-hydrogen) atoms. The van der Waals surface area contributed by atoms with Crippen molar-refractivity contribution in [2.45, 2.75) is 39.0 Å². The first-order valence-corrected chi connectivity index (χ1v) is 9.29. The van der Waals surface area contributed by atoms with Gasteiger partial charge in [0.2, 0.25) is 0 Å². The van der Waals surface area contributed by atoms with Crippen LogP contribution in [0.4, 0.5) is 0 Å². The van der Waals surface area contributed by atoms with Crippen molar-refractivity contribution in [1.82, 2.24) is 10.3 Å². The molecule has 0 aliphatic heterocycles. The molecule has 0 spiro atoms. The van der Waals surface area contributed by atoms with Gasteiger partial charge in [0.1, 0.15) is 9.88 Å². The predicted molar refractivity (Wildman–Crippen MR) is 93.2 cm³/mol. The van der Waals surface area contributed by atoms with Gasteiger partial charge >= 0.3 is 5.97 Å². The molecule has 1 amide bonds. The molecule has 0 aliphatic rings. The van der Waals surface area contributed by atoms with E-state index in [-0.39, 0.29) is 12.3 Å². The summed E-state index contributed by atoms with van der Waals surface area (Å²) in [6, 6.07) is 3.97. The highest BCUT2D eigenvalue weighted by Crippen LogP contribution is 2.30. The lowest BCUT2D eigenvalue weighted by molar-refractivity contribution is -0.137. The Kier molecular flexibility index (Phi) is 6.73. The van der Waals surface area contributed by atoms with Crippen molar-refractivity contribution in [1.29, 1.82) is 0 Å². The molecule has 124 valence electrons. The summed E-state index contributed by atoms with van der Waals surface area (Å²) in [7, 11) is 0. The second-order valence-electron chi connectivity index (χ2n) is 5.22. The summed E-state index contributed by atoms with van der Waals surface area (Å²) in [4.78, 5) is 28.8. The molecule has 2 N–H and O–H groups in total. The number of unbranched alkanes of at least 4 members (excludes halogenated alkanes) is 3. The highest BCUT2D eigenvalue weighted by atomic mass is 32.1. The first kappa shape index (κ1) is 17.6. The zero-order valence-corrected chi connectivity index (χ0v) is 14.6. The molecule has 0 fully saturated rings. The van der Waals surface area contributed by atoms with Gasteiger partial charge in [-0.2, -0.15) is 0 Å². The number of thiazole rings is 1. The van der Waals surface area contributed by atoms with Crippen molar-refractivity contribution in [2.75, 3.05) is 6.54 Å². The van der Waals surface area contributed by atoms with E-state index in [2.05, 4.69) is 10.3 Å². The lowest BCUT2D eigenvalue weighted by atomic mass is 10.1. The molecule has 0 aromatic carbocycles. The molecule has 0 radical (unpaired) electrons. The number of aromatic nitrogens is 1. The van der Waals surface area contributed by atoms with Gasteiger partial charge < -0.3 is 10.4 Å². The summed E-state index contributed by atoms with van der Waals surface area (Å²) in [5.74, 6) is -0.825. The van der Waals surface area contributed by atoms with Crippen LogP contribution in [0.25, 0.3) is 9.88 Å². The number of nitrogens with zero attached hydrogens (tertiary/aromatic N) is 1. The summed E-state index contributed by atoms with van der Waals surface area (Å²) in [6.45, 7) is 2.46. The standard InChI is InChI=1S/C16H20N2O3S2/c1-11-14(23-16(18-11)12-7-6-10-22-12)15(21)17-9-5-3-2-4-8-13(19)20/h6-7,10H,2-5,8-9H2,1H3,(H,17,21)(H,19,20). The van der Waals surface area contributed by atoms with Crippen LogP contribution in [-0.4, -0.2) is 28.5 Å². The van der Waals surface area contributed by atoms with Crippen molar-refractivity contribution in [3.8, 4) is 9.88 Å². The van der Waals surface area contributed by atoms with Crippen LogP contribution < -0.4 is 5.32 Å². The number of carboxylic acid groups (broad SMARTS) is 1. The molecule has 2 heterocycles. The van der Waals surface area contributed by atoms with Gasteiger partial charge in [-0.3, -0.25) is 9.59 Å². The van der Waals surface area contributed by atoms with E-state index in [1.54, 1.807) is 11.3 Å². The van der Waals surface area contributed by atoms with Gasteiger partial charge in [-0.05, 0) is 31.2 Å². The fourth-order valence-corrected chi connectivity index (χ4v) is 3.93. The number of amides is 1. The largest absolute Gasteiger partial charge is 0.481 e. The summed E-state index contributed by atoms with van der Waals surface area (Å²) in [5.41, 5.74) is 0.761. The fraction of sp³-hybridized carbons (Fsp3) is 0.438. The number of carboxylic acids is 1. The summed E-state index contributed by atoms with van der Waals surface area (Å²) in [6.07, 6.45) is 3.58. The van der Waals surface area contributed by atoms with Gasteiger partial charge in [0.25, 0.3) is 5.91 Å². The van der Waals surface area contributed by atoms with Gasteiger partial charge in [0, 0.05) is 13.0 Å². The van der Waals surface area contributed by atoms with Crippen molar-refractivity contribution in [2.24, 2.45) is 0 Å². The minimum atomic E-state index is -0.750. The molecular weight excluding hydrogens is 332 g/mol. The second kappa shape index (κ2) is 8.79. The SMILES string of the molecule is Cc1nc(-c2cccs2)sc1C(=O)NCCCCCCC(=O)O. The molecule has 2 rings (SSSR count). The minimum absolute atomic E-state index is 0.0756. The van der Waals surface area contributed by atoms with Crippen LogP contribution >= 0.6 is 22.7 Å². The van der Waals surface area contributed by atoms with Crippen molar-refractivity contribution < 1.29 is 14.7 Å². The Balaban J connectivity index is 1.75. The monoisotopic (exact) mass is 352 g/mol. The molecule has 0 aliphatic carbocycles. The molecule has 2 aromatic heterocycles. The molecular formula is C16H20N2O3S2. The number of carbonyl (C=O) groups excluding carboxylic acids is 1. The van der Waals surface area contributed by atoms with E-state index >= 15 is 0 Å². The Labute approximate surface area is 143 Å². The maximum atomic E-state index is 12.2. The highest BCUT2D eigenvalue weighted by Gasteiger charge is 2.16. The van der Waals surface area contributed by atoms with Crippen LogP contribution in [0.2, 0.25) is 0 Å². The number of rotatable bonds is 9. The molecule has 0 unspecified atom stereocenters. The summed E-state index contributed by atoms with van der Waals surface area (Å²) < 4.78 is 0. The molecule has 2 aromatic rings. The van der Waals surface area contributed by atoms with Gasteiger partial charge in [0.15, 0.2) is 0 Å². The second-order valence-corrected chi connectivity index (χ2v) is 7.17. The molecule has 0 atom stereocenters. The van der Waals surface area contributed by atoms with Crippen LogP contribution in [0.1, 0.15) is 47.5 Å².